The molecule has 0 bridgehead atoms. The van der Waals surface area contributed by atoms with Crippen LogP contribution in [0.15, 0.2) is 36.7 Å². The Kier molecular flexibility index (Phi) is 6.13. The average molecular weight is 422 g/mol. The van der Waals surface area contributed by atoms with Gasteiger partial charge in [-0.25, -0.2) is 13.9 Å². The summed E-state index contributed by atoms with van der Waals surface area (Å²) >= 11 is 5.71. The molecule has 2 heterocycles. The highest BCUT2D eigenvalue weighted by Gasteiger charge is 2.20. The number of esters is 1. The van der Waals surface area contributed by atoms with Crippen LogP contribution in [0, 0.1) is 5.82 Å². The van der Waals surface area contributed by atoms with E-state index in [1.807, 2.05) is 6.92 Å². The van der Waals surface area contributed by atoms with Gasteiger partial charge in [0.1, 0.15) is 11.6 Å². The van der Waals surface area contributed by atoms with Crippen LogP contribution in [0.1, 0.15) is 27.9 Å². The summed E-state index contributed by atoms with van der Waals surface area (Å²) in [5.74, 6) is -1.39. The van der Waals surface area contributed by atoms with Gasteiger partial charge in [-0.1, -0.05) is 11.6 Å². The molecule has 0 unspecified atom stereocenters. The molecule has 2 aromatic heterocycles. The lowest BCUT2D eigenvalue weighted by Crippen LogP contribution is -2.16. The Hall–Kier alpha value is -3.40. The lowest BCUT2D eigenvalue weighted by atomic mass is 10.3. The first-order valence-electron chi connectivity index (χ1n) is 8.49. The van der Waals surface area contributed by atoms with Crippen molar-refractivity contribution in [3.63, 3.8) is 0 Å². The average Bonchev–Trinajstić information content (AvgIpc) is 3.35. The Morgan fingerprint density at radius 3 is 2.72 bits per heavy atom. The predicted octanol–water partition coefficient (Wildman–Crippen LogP) is 2.97. The molecule has 3 aromatic rings. The number of aryl methyl sites for hydroxylation is 1. The second-order valence-corrected chi connectivity index (χ2v) is 6.19. The SMILES string of the molecule is CCn1cc(NC(=O)c2ccn(COc3ccc(F)c(Cl)c3)n2)c(C(=O)OC)n1. The van der Waals surface area contributed by atoms with E-state index in [-0.39, 0.29) is 28.8 Å². The van der Waals surface area contributed by atoms with E-state index in [2.05, 4.69) is 20.3 Å². The molecule has 11 heteroatoms. The molecule has 1 N–H and O–H groups in total. The van der Waals surface area contributed by atoms with Gasteiger partial charge in [-0.15, -0.1) is 0 Å². The van der Waals surface area contributed by atoms with Crippen molar-refractivity contribution in [2.24, 2.45) is 0 Å². The first kappa shape index (κ1) is 20.3. The molecular weight excluding hydrogens is 405 g/mol. The molecule has 9 nitrogen and oxygen atoms in total. The van der Waals surface area contributed by atoms with Crippen LogP contribution in [0.4, 0.5) is 10.1 Å². The minimum absolute atomic E-state index is 0.00125. The number of nitrogens with zero attached hydrogens (tertiary/aromatic N) is 4. The van der Waals surface area contributed by atoms with Gasteiger partial charge in [0.2, 0.25) is 0 Å². The van der Waals surface area contributed by atoms with Gasteiger partial charge >= 0.3 is 5.97 Å². The van der Waals surface area contributed by atoms with Gasteiger partial charge in [0, 0.05) is 25.0 Å². The number of nitrogens with one attached hydrogen (secondary N) is 1. The molecule has 0 aliphatic rings. The summed E-state index contributed by atoms with van der Waals surface area (Å²) in [6.07, 6.45) is 3.07. The lowest BCUT2D eigenvalue weighted by molar-refractivity contribution is 0.0594. The zero-order chi connectivity index (χ0) is 21.0. The number of benzene rings is 1. The number of methoxy groups -OCH3 is 1. The molecule has 0 saturated heterocycles. The molecule has 3 rings (SSSR count). The highest BCUT2D eigenvalue weighted by atomic mass is 35.5. The summed E-state index contributed by atoms with van der Waals surface area (Å²) in [6.45, 7) is 2.34. The fraction of sp³-hybridized carbons (Fsp3) is 0.222. The summed E-state index contributed by atoms with van der Waals surface area (Å²) in [4.78, 5) is 24.3. The number of ether oxygens (including phenoxy) is 2. The number of carbonyl (C=O) groups is 2. The standard InChI is InChI=1S/C18H17ClFN5O4/c1-3-24-9-15(16(23-24)18(27)28-2)21-17(26)14-6-7-25(22-14)10-29-11-4-5-13(20)12(19)8-11/h4-9H,3,10H2,1-2H3,(H,21,26). The number of hydrogen-bond acceptors (Lipinski definition) is 6. The van der Waals surface area contributed by atoms with Crippen LogP contribution in [0.25, 0.3) is 0 Å². The predicted molar refractivity (Wildman–Crippen MR) is 101 cm³/mol. The summed E-state index contributed by atoms with van der Waals surface area (Å²) in [7, 11) is 1.23. The molecule has 0 atom stereocenters. The molecule has 0 aliphatic heterocycles. The van der Waals surface area contributed by atoms with Crippen LogP contribution in [-0.4, -0.2) is 38.5 Å². The number of halogens is 2. The van der Waals surface area contributed by atoms with Gasteiger partial charge in [0.05, 0.1) is 17.8 Å². The summed E-state index contributed by atoms with van der Waals surface area (Å²) in [6, 6.07) is 5.44. The van der Waals surface area contributed by atoms with E-state index >= 15 is 0 Å². The monoisotopic (exact) mass is 421 g/mol. The third-order valence-corrected chi connectivity index (χ3v) is 4.13. The third-order valence-electron chi connectivity index (χ3n) is 3.84. The molecule has 0 fully saturated rings. The van der Waals surface area contributed by atoms with E-state index in [0.717, 1.165) is 0 Å². The first-order valence-corrected chi connectivity index (χ1v) is 8.87. The second-order valence-electron chi connectivity index (χ2n) is 5.78. The van der Waals surface area contributed by atoms with E-state index in [0.29, 0.717) is 12.3 Å². The van der Waals surface area contributed by atoms with E-state index in [1.54, 1.807) is 0 Å². The van der Waals surface area contributed by atoms with Gasteiger partial charge in [-0.3, -0.25) is 9.48 Å². The molecule has 1 aromatic carbocycles. The molecule has 0 spiro atoms. The highest BCUT2D eigenvalue weighted by molar-refractivity contribution is 6.30. The maximum Gasteiger partial charge on any atom is 0.360 e. The van der Waals surface area contributed by atoms with Crippen molar-refractivity contribution in [3.05, 3.63) is 58.9 Å². The van der Waals surface area contributed by atoms with Crippen molar-refractivity contribution in [1.82, 2.24) is 19.6 Å². The third kappa shape index (κ3) is 4.72. The van der Waals surface area contributed by atoms with Crippen LogP contribution in [-0.2, 0) is 18.0 Å². The van der Waals surface area contributed by atoms with Gasteiger partial charge in [-0.2, -0.15) is 10.2 Å². The zero-order valence-corrected chi connectivity index (χ0v) is 16.3. The van der Waals surface area contributed by atoms with Crippen LogP contribution in [0.2, 0.25) is 5.02 Å². The highest BCUT2D eigenvalue weighted by Crippen LogP contribution is 2.21. The number of anilines is 1. The Balaban J connectivity index is 1.67. The van der Waals surface area contributed by atoms with Crippen molar-refractivity contribution >= 4 is 29.2 Å². The van der Waals surface area contributed by atoms with Crippen LogP contribution in [0.5, 0.6) is 5.75 Å². The van der Waals surface area contributed by atoms with Crippen molar-refractivity contribution in [2.45, 2.75) is 20.2 Å². The van der Waals surface area contributed by atoms with Crippen LogP contribution >= 0.6 is 11.6 Å². The number of carbonyl (C=O) groups excluding carboxylic acids is 2. The minimum atomic E-state index is -0.663. The van der Waals surface area contributed by atoms with Crippen molar-refractivity contribution < 1.29 is 23.5 Å². The Morgan fingerprint density at radius 2 is 2.03 bits per heavy atom. The second kappa shape index (κ2) is 8.74. The molecule has 0 radical (unpaired) electrons. The number of hydrogen-bond donors (Lipinski definition) is 1. The van der Waals surface area contributed by atoms with Crippen LogP contribution in [0.3, 0.4) is 0 Å². The topological polar surface area (TPSA) is 100 Å². The molecular formula is C18H17ClFN5O4. The largest absolute Gasteiger partial charge is 0.471 e. The quantitative estimate of drug-likeness (QED) is 0.589. The number of amides is 1. The molecule has 0 saturated carbocycles. The van der Waals surface area contributed by atoms with Gasteiger partial charge in [0.25, 0.3) is 5.91 Å². The maximum atomic E-state index is 13.2. The van der Waals surface area contributed by atoms with Crippen molar-refractivity contribution in [2.75, 3.05) is 12.4 Å². The van der Waals surface area contributed by atoms with Gasteiger partial charge in [-0.05, 0) is 25.1 Å². The molecule has 29 heavy (non-hydrogen) atoms. The van der Waals surface area contributed by atoms with E-state index in [1.165, 1.54) is 53.1 Å². The molecule has 0 aliphatic carbocycles. The van der Waals surface area contributed by atoms with Gasteiger partial charge < -0.3 is 14.8 Å². The summed E-state index contributed by atoms with van der Waals surface area (Å²) in [5.41, 5.74) is 0.319. The smallest absolute Gasteiger partial charge is 0.360 e. The van der Waals surface area contributed by atoms with Gasteiger partial charge in [0.15, 0.2) is 18.1 Å². The minimum Gasteiger partial charge on any atom is -0.471 e. The number of rotatable bonds is 7. The molecule has 1 amide bonds. The number of aromatic nitrogens is 4. The summed E-state index contributed by atoms with van der Waals surface area (Å²) < 4.78 is 26.2. The van der Waals surface area contributed by atoms with Crippen molar-refractivity contribution in [1.29, 1.82) is 0 Å². The van der Waals surface area contributed by atoms with E-state index in [9.17, 15) is 14.0 Å². The lowest BCUT2D eigenvalue weighted by Gasteiger charge is -2.07. The Bertz CT molecular complexity index is 1050. The maximum absolute atomic E-state index is 13.2. The van der Waals surface area contributed by atoms with Crippen molar-refractivity contribution in [3.8, 4) is 5.75 Å². The Labute approximate surface area is 170 Å². The van der Waals surface area contributed by atoms with E-state index < -0.39 is 17.7 Å². The fourth-order valence-electron chi connectivity index (χ4n) is 2.37. The zero-order valence-electron chi connectivity index (χ0n) is 15.6. The first-order chi connectivity index (χ1) is 13.9. The summed E-state index contributed by atoms with van der Waals surface area (Å²) in [5, 5.41) is 10.7. The fourth-order valence-corrected chi connectivity index (χ4v) is 2.54. The molecule has 152 valence electrons. The Morgan fingerprint density at radius 1 is 1.24 bits per heavy atom. The normalized spacial score (nSPS) is 10.6. The van der Waals surface area contributed by atoms with E-state index in [4.69, 9.17) is 16.3 Å². The van der Waals surface area contributed by atoms with Crippen LogP contribution < -0.4 is 10.1 Å².